The fourth-order valence-electron chi connectivity index (χ4n) is 2.67. The molecule has 0 radical (unpaired) electrons. The molecule has 1 aliphatic carbocycles. The average Bonchev–Trinajstić information content (AvgIpc) is 2.55. The number of rotatable bonds is 3. The predicted molar refractivity (Wildman–Crippen MR) is 81.3 cm³/mol. The molecule has 0 spiro atoms. The smallest absolute Gasteiger partial charge is 0.272 e. The van der Waals surface area contributed by atoms with Crippen LogP contribution in [0, 0.1) is 0 Å². The molecule has 0 aliphatic heterocycles. The van der Waals surface area contributed by atoms with Crippen molar-refractivity contribution in [1.29, 1.82) is 0 Å². The van der Waals surface area contributed by atoms with E-state index in [-0.39, 0.29) is 11.9 Å². The number of fused-ring (bicyclic) bond motifs is 1. The summed E-state index contributed by atoms with van der Waals surface area (Å²) < 4.78 is 0. The number of carbonyl (C=O) groups excluding carboxylic acids is 1. The van der Waals surface area contributed by atoms with Crippen LogP contribution in [0.1, 0.15) is 28.0 Å². The van der Waals surface area contributed by atoms with Gasteiger partial charge in [-0.2, -0.15) is 0 Å². The number of hydrogen-bond donors (Lipinski definition) is 2. The molecule has 5 nitrogen and oxygen atoms in total. The molecule has 0 fully saturated rings. The maximum absolute atomic E-state index is 12.2. The molecular formula is C16H18N4O. The van der Waals surface area contributed by atoms with Crippen LogP contribution in [0.2, 0.25) is 0 Å². The zero-order chi connectivity index (χ0) is 14.7. The molecule has 108 valence electrons. The summed E-state index contributed by atoms with van der Waals surface area (Å²) in [6, 6.07) is 12.0. The van der Waals surface area contributed by atoms with E-state index in [1.165, 1.54) is 11.1 Å². The third-order valence-corrected chi connectivity index (χ3v) is 3.84. The molecule has 21 heavy (non-hydrogen) atoms. The number of benzene rings is 1. The number of nitrogens with one attached hydrogen (secondary N) is 2. The quantitative estimate of drug-likeness (QED) is 0.901. The Bertz CT molecular complexity index is 639. The van der Waals surface area contributed by atoms with E-state index < -0.39 is 0 Å². The van der Waals surface area contributed by atoms with E-state index in [2.05, 4.69) is 39.0 Å². The molecule has 1 amide bonds. The van der Waals surface area contributed by atoms with E-state index in [0.717, 1.165) is 19.3 Å². The van der Waals surface area contributed by atoms with Gasteiger partial charge in [-0.25, -0.2) is 0 Å². The first-order valence-corrected chi connectivity index (χ1v) is 7.15. The van der Waals surface area contributed by atoms with Crippen molar-refractivity contribution in [2.24, 2.45) is 0 Å². The van der Waals surface area contributed by atoms with Crippen molar-refractivity contribution in [2.75, 3.05) is 12.4 Å². The molecule has 5 heteroatoms. The van der Waals surface area contributed by atoms with Gasteiger partial charge < -0.3 is 10.6 Å². The highest BCUT2D eigenvalue weighted by atomic mass is 16.2. The van der Waals surface area contributed by atoms with Crippen LogP contribution in [-0.2, 0) is 12.8 Å². The molecule has 0 saturated carbocycles. The molecule has 1 heterocycles. The monoisotopic (exact) mass is 282 g/mol. The minimum Gasteiger partial charge on any atom is -0.372 e. The lowest BCUT2D eigenvalue weighted by Crippen LogP contribution is -2.39. The zero-order valence-corrected chi connectivity index (χ0v) is 12.0. The molecule has 1 unspecified atom stereocenters. The van der Waals surface area contributed by atoms with Crippen LogP contribution in [0.25, 0.3) is 0 Å². The first-order chi connectivity index (χ1) is 10.3. The Morgan fingerprint density at radius 3 is 2.67 bits per heavy atom. The van der Waals surface area contributed by atoms with Gasteiger partial charge in [0.05, 0.1) is 0 Å². The Kier molecular flexibility index (Phi) is 3.81. The van der Waals surface area contributed by atoms with Crippen molar-refractivity contribution >= 4 is 11.7 Å². The van der Waals surface area contributed by atoms with Crippen LogP contribution in [0.4, 0.5) is 5.82 Å². The summed E-state index contributed by atoms with van der Waals surface area (Å²) in [4.78, 5) is 12.2. The number of aryl methyl sites for hydroxylation is 1. The summed E-state index contributed by atoms with van der Waals surface area (Å²) in [5, 5.41) is 13.8. The molecule has 3 rings (SSSR count). The molecule has 0 bridgehead atoms. The number of carbonyl (C=O) groups is 1. The van der Waals surface area contributed by atoms with E-state index >= 15 is 0 Å². The number of aromatic nitrogens is 2. The topological polar surface area (TPSA) is 66.9 Å². The number of amides is 1. The first kappa shape index (κ1) is 13.5. The highest BCUT2D eigenvalue weighted by Gasteiger charge is 2.20. The summed E-state index contributed by atoms with van der Waals surface area (Å²) in [7, 11) is 1.77. The highest BCUT2D eigenvalue weighted by molar-refractivity contribution is 5.92. The molecular weight excluding hydrogens is 264 g/mol. The van der Waals surface area contributed by atoms with Crippen molar-refractivity contribution in [2.45, 2.75) is 25.3 Å². The Morgan fingerprint density at radius 2 is 1.95 bits per heavy atom. The highest BCUT2D eigenvalue weighted by Crippen LogP contribution is 2.21. The maximum atomic E-state index is 12.2. The Hall–Kier alpha value is -2.43. The van der Waals surface area contributed by atoms with E-state index in [4.69, 9.17) is 0 Å². The van der Waals surface area contributed by atoms with Crippen molar-refractivity contribution < 1.29 is 4.79 Å². The van der Waals surface area contributed by atoms with Gasteiger partial charge in [0.1, 0.15) is 5.82 Å². The second-order valence-electron chi connectivity index (χ2n) is 5.24. The van der Waals surface area contributed by atoms with Crippen LogP contribution in [-0.4, -0.2) is 29.2 Å². The van der Waals surface area contributed by atoms with Gasteiger partial charge in [-0.1, -0.05) is 24.3 Å². The van der Waals surface area contributed by atoms with E-state index in [0.29, 0.717) is 11.5 Å². The lowest BCUT2D eigenvalue weighted by molar-refractivity contribution is 0.0927. The van der Waals surface area contributed by atoms with Crippen LogP contribution in [0.3, 0.4) is 0 Å². The Morgan fingerprint density at radius 1 is 1.14 bits per heavy atom. The Labute approximate surface area is 123 Å². The minimum atomic E-state index is -0.158. The van der Waals surface area contributed by atoms with Gasteiger partial charge in [-0.15, -0.1) is 10.2 Å². The minimum absolute atomic E-state index is 0.158. The summed E-state index contributed by atoms with van der Waals surface area (Å²) in [6.07, 6.45) is 2.85. The molecule has 1 aromatic heterocycles. The normalized spacial score (nSPS) is 16.9. The molecule has 1 aromatic carbocycles. The van der Waals surface area contributed by atoms with Gasteiger partial charge in [0.15, 0.2) is 5.69 Å². The summed E-state index contributed by atoms with van der Waals surface area (Å²) in [5.41, 5.74) is 3.07. The summed E-state index contributed by atoms with van der Waals surface area (Å²) in [6.45, 7) is 0. The van der Waals surface area contributed by atoms with Crippen LogP contribution < -0.4 is 10.6 Å². The third-order valence-electron chi connectivity index (χ3n) is 3.84. The van der Waals surface area contributed by atoms with Crippen molar-refractivity contribution in [1.82, 2.24) is 15.5 Å². The molecule has 0 saturated heterocycles. The second-order valence-corrected chi connectivity index (χ2v) is 5.24. The van der Waals surface area contributed by atoms with Crippen LogP contribution >= 0.6 is 0 Å². The molecule has 2 aromatic rings. The summed E-state index contributed by atoms with van der Waals surface area (Å²) >= 11 is 0. The van der Waals surface area contributed by atoms with Crippen molar-refractivity contribution in [3.63, 3.8) is 0 Å². The number of nitrogens with zero attached hydrogens (tertiary/aromatic N) is 2. The standard InChI is InChI=1S/C16H18N4O/c1-17-15-9-8-14(19-20-15)16(21)18-13-7-6-11-4-2-3-5-12(11)10-13/h2-5,8-9,13H,6-7,10H2,1H3,(H,17,20)(H,18,21). The van der Waals surface area contributed by atoms with Crippen LogP contribution in [0.15, 0.2) is 36.4 Å². The zero-order valence-electron chi connectivity index (χ0n) is 12.0. The fraction of sp³-hybridized carbons (Fsp3) is 0.312. The SMILES string of the molecule is CNc1ccc(C(=O)NC2CCc3ccccc3C2)nn1. The van der Waals surface area contributed by atoms with E-state index in [1.54, 1.807) is 19.2 Å². The lowest BCUT2D eigenvalue weighted by Gasteiger charge is -2.25. The molecule has 1 atom stereocenters. The fourth-order valence-corrected chi connectivity index (χ4v) is 2.67. The molecule has 1 aliphatic rings. The van der Waals surface area contributed by atoms with Crippen molar-refractivity contribution in [3.8, 4) is 0 Å². The van der Waals surface area contributed by atoms with E-state index in [9.17, 15) is 4.79 Å². The average molecular weight is 282 g/mol. The van der Waals surface area contributed by atoms with Gasteiger partial charge in [0.25, 0.3) is 5.91 Å². The van der Waals surface area contributed by atoms with Gasteiger partial charge in [-0.3, -0.25) is 4.79 Å². The van der Waals surface area contributed by atoms with Gasteiger partial charge in [0, 0.05) is 13.1 Å². The maximum Gasteiger partial charge on any atom is 0.272 e. The van der Waals surface area contributed by atoms with Crippen molar-refractivity contribution in [3.05, 3.63) is 53.2 Å². The molecule has 2 N–H and O–H groups in total. The van der Waals surface area contributed by atoms with E-state index in [1.807, 2.05) is 6.07 Å². The summed E-state index contributed by atoms with van der Waals surface area (Å²) in [5.74, 6) is 0.493. The Balaban J connectivity index is 1.65. The van der Waals surface area contributed by atoms with Gasteiger partial charge in [-0.05, 0) is 42.5 Å². The van der Waals surface area contributed by atoms with Gasteiger partial charge >= 0.3 is 0 Å². The predicted octanol–water partition coefficient (Wildman–Crippen LogP) is 1.81. The first-order valence-electron chi connectivity index (χ1n) is 7.15. The largest absolute Gasteiger partial charge is 0.372 e. The number of anilines is 1. The third kappa shape index (κ3) is 3.02. The van der Waals surface area contributed by atoms with Gasteiger partial charge in [0.2, 0.25) is 0 Å². The second kappa shape index (κ2) is 5.91. The van der Waals surface area contributed by atoms with Crippen LogP contribution in [0.5, 0.6) is 0 Å². The lowest BCUT2D eigenvalue weighted by atomic mass is 9.88. The number of hydrogen-bond acceptors (Lipinski definition) is 4.